The Bertz CT molecular complexity index is 682. The topological polar surface area (TPSA) is 67.8 Å². The molecule has 5 heteroatoms. The van der Waals surface area contributed by atoms with E-state index < -0.39 is 0 Å². The minimum atomic E-state index is -0.323. The van der Waals surface area contributed by atoms with Crippen molar-refractivity contribution >= 4 is 5.91 Å². The standard InChI is InChI=1S/C17H19NO4/c1-11-4-6-14(19)13(8-11)17(20)18-10-12-5-7-15(21-2)16(9-12)22-3/h4-9,19H,10H2,1-3H3,(H,18,20). The molecule has 0 saturated heterocycles. The molecule has 0 heterocycles. The summed E-state index contributed by atoms with van der Waals surface area (Å²) < 4.78 is 10.4. The third-order valence-electron chi connectivity index (χ3n) is 3.30. The number of amides is 1. The Morgan fingerprint density at radius 1 is 1.09 bits per heavy atom. The molecule has 2 rings (SSSR count). The van der Waals surface area contributed by atoms with Crippen molar-refractivity contribution in [1.82, 2.24) is 5.32 Å². The number of phenolic OH excluding ortho intramolecular Hbond substituents is 1. The molecule has 0 saturated carbocycles. The summed E-state index contributed by atoms with van der Waals surface area (Å²) in [7, 11) is 3.13. The molecule has 2 aromatic rings. The lowest BCUT2D eigenvalue weighted by Crippen LogP contribution is -2.23. The summed E-state index contributed by atoms with van der Waals surface area (Å²) in [6.07, 6.45) is 0. The van der Waals surface area contributed by atoms with Gasteiger partial charge in [0.25, 0.3) is 5.91 Å². The summed E-state index contributed by atoms with van der Waals surface area (Å²) in [5.74, 6) is 0.882. The van der Waals surface area contributed by atoms with Crippen molar-refractivity contribution in [3.8, 4) is 17.2 Å². The molecular weight excluding hydrogens is 282 g/mol. The van der Waals surface area contributed by atoms with Gasteiger partial charge in [0.05, 0.1) is 19.8 Å². The van der Waals surface area contributed by atoms with E-state index in [-0.39, 0.29) is 17.2 Å². The Morgan fingerprint density at radius 3 is 2.50 bits per heavy atom. The summed E-state index contributed by atoms with van der Waals surface area (Å²) in [6, 6.07) is 10.3. The molecule has 0 fully saturated rings. The highest BCUT2D eigenvalue weighted by Gasteiger charge is 2.11. The quantitative estimate of drug-likeness (QED) is 0.891. The summed E-state index contributed by atoms with van der Waals surface area (Å²) in [6.45, 7) is 2.19. The number of aryl methyl sites for hydroxylation is 1. The first kappa shape index (κ1) is 15.7. The molecule has 0 spiro atoms. The molecule has 0 unspecified atom stereocenters. The first-order valence-electron chi connectivity index (χ1n) is 6.84. The van der Waals surface area contributed by atoms with E-state index in [1.165, 1.54) is 6.07 Å². The van der Waals surface area contributed by atoms with Crippen LogP contribution in [0.1, 0.15) is 21.5 Å². The number of rotatable bonds is 5. The molecule has 1 amide bonds. The molecule has 2 aromatic carbocycles. The Hall–Kier alpha value is -2.69. The van der Waals surface area contributed by atoms with Crippen molar-refractivity contribution in [2.24, 2.45) is 0 Å². The van der Waals surface area contributed by atoms with Gasteiger partial charge in [-0.15, -0.1) is 0 Å². The molecule has 0 atom stereocenters. The van der Waals surface area contributed by atoms with E-state index in [1.54, 1.807) is 38.5 Å². The maximum absolute atomic E-state index is 12.1. The maximum Gasteiger partial charge on any atom is 0.255 e. The molecule has 116 valence electrons. The number of nitrogens with one attached hydrogen (secondary N) is 1. The highest BCUT2D eigenvalue weighted by Crippen LogP contribution is 2.27. The van der Waals surface area contributed by atoms with Gasteiger partial charge in [0.2, 0.25) is 0 Å². The summed E-state index contributed by atoms with van der Waals surface area (Å²) in [4.78, 5) is 12.1. The van der Waals surface area contributed by atoms with Gasteiger partial charge in [-0.2, -0.15) is 0 Å². The second-order valence-corrected chi connectivity index (χ2v) is 4.89. The Balaban J connectivity index is 2.09. The van der Waals surface area contributed by atoms with Crippen LogP contribution < -0.4 is 14.8 Å². The largest absolute Gasteiger partial charge is 0.507 e. The van der Waals surface area contributed by atoms with Gasteiger partial charge in [-0.1, -0.05) is 17.7 Å². The average Bonchev–Trinajstić information content (AvgIpc) is 2.54. The van der Waals surface area contributed by atoms with Crippen LogP contribution in [-0.2, 0) is 6.54 Å². The Kier molecular flexibility index (Phi) is 4.88. The van der Waals surface area contributed by atoms with E-state index in [0.29, 0.717) is 18.0 Å². The lowest BCUT2D eigenvalue weighted by atomic mass is 10.1. The van der Waals surface area contributed by atoms with Crippen LogP contribution in [0, 0.1) is 6.92 Å². The number of ether oxygens (including phenoxy) is 2. The van der Waals surface area contributed by atoms with E-state index in [4.69, 9.17) is 9.47 Å². The van der Waals surface area contributed by atoms with E-state index in [0.717, 1.165) is 11.1 Å². The molecule has 0 aliphatic rings. The van der Waals surface area contributed by atoms with Crippen molar-refractivity contribution in [2.75, 3.05) is 14.2 Å². The summed E-state index contributed by atoms with van der Waals surface area (Å²) in [5.41, 5.74) is 2.05. The van der Waals surface area contributed by atoms with Crippen molar-refractivity contribution < 1.29 is 19.4 Å². The SMILES string of the molecule is COc1ccc(CNC(=O)c2cc(C)ccc2O)cc1OC. The van der Waals surface area contributed by atoms with Crippen LogP contribution in [0.2, 0.25) is 0 Å². The van der Waals surface area contributed by atoms with Crippen LogP contribution >= 0.6 is 0 Å². The number of phenols is 1. The minimum Gasteiger partial charge on any atom is -0.507 e. The highest BCUT2D eigenvalue weighted by atomic mass is 16.5. The number of carbonyl (C=O) groups excluding carboxylic acids is 1. The Labute approximate surface area is 129 Å². The number of carbonyl (C=O) groups is 1. The normalized spacial score (nSPS) is 10.1. The second-order valence-electron chi connectivity index (χ2n) is 4.89. The minimum absolute atomic E-state index is 0.0320. The van der Waals surface area contributed by atoms with Crippen molar-refractivity contribution in [3.05, 3.63) is 53.1 Å². The zero-order chi connectivity index (χ0) is 16.1. The number of benzene rings is 2. The second kappa shape index (κ2) is 6.85. The van der Waals surface area contributed by atoms with Crippen molar-refractivity contribution in [2.45, 2.75) is 13.5 Å². The molecule has 0 aromatic heterocycles. The first-order valence-corrected chi connectivity index (χ1v) is 6.84. The van der Waals surface area contributed by atoms with Gasteiger partial charge >= 0.3 is 0 Å². The van der Waals surface area contributed by atoms with E-state index >= 15 is 0 Å². The fourth-order valence-corrected chi connectivity index (χ4v) is 2.10. The number of hydrogen-bond acceptors (Lipinski definition) is 4. The summed E-state index contributed by atoms with van der Waals surface area (Å²) >= 11 is 0. The van der Waals surface area contributed by atoms with Gasteiger partial charge in [0, 0.05) is 6.54 Å². The van der Waals surface area contributed by atoms with Crippen LogP contribution in [0.3, 0.4) is 0 Å². The molecule has 2 N–H and O–H groups in total. The van der Waals surface area contributed by atoms with E-state index in [1.807, 2.05) is 13.0 Å². The zero-order valence-corrected chi connectivity index (χ0v) is 12.8. The van der Waals surface area contributed by atoms with Crippen molar-refractivity contribution in [1.29, 1.82) is 0 Å². The monoisotopic (exact) mass is 301 g/mol. The average molecular weight is 301 g/mol. The predicted octanol–water partition coefficient (Wildman–Crippen LogP) is 2.65. The zero-order valence-electron chi connectivity index (χ0n) is 12.8. The lowest BCUT2D eigenvalue weighted by Gasteiger charge is -2.11. The third kappa shape index (κ3) is 3.49. The highest BCUT2D eigenvalue weighted by molar-refractivity contribution is 5.96. The molecule has 5 nitrogen and oxygen atoms in total. The molecule has 0 aliphatic carbocycles. The predicted molar refractivity (Wildman–Crippen MR) is 83.6 cm³/mol. The Morgan fingerprint density at radius 2 is 1.82 bits per heavy atom. The van der Waals surface area contributed by atoms with E-state index in [9.17, 15) is 9.90 Å². The molecule has 0 bridgehead atoms. The molecule has 0 aliphatic heterocycles. The van der Waals surface area contributed by atoms with E-state index in [2.05, 4.69) is 5.32 Å². The molecule has 22 heavy (non-hydrogen) atoms. The van der Waals surface area contributed by atoms with Crippen LogP contribution in [0.4, 0.5) is 0 Å². The smallest absolute Gasteiger partial charge is 0.255 e. The maximum atomic E-state index is 12.1. The van der Waals surface area contributed by atoms with Gasteiger partial charge < -0.3 is 19.9 Å². The molecular formula is C17H19NO4. The van der Waals surface area contributed by atoms with Crippen LogP contribution in [-0.4, -0.2) is 25.2 Å². The third-order valence-corrected chi connectivity index (χ3v) is 3.30. The fourth-order valence-electron chi connectivity index (χ4n) is 2.10. The van der Waals surface area contributed by atoms with Gasteiger partial charge in [0.1, 0.15) is 5.75 Å². The van der Waals surface area contributed by atoms with Gasteiger partial charge in [-0.25, -0.2) is 0 Å². The van der Waals surface area contributed by atoms with Crippen LogP contribution in [0.15, 0.2) is 36.4 Å². The molecule has 0 radical (unpaired) electrons. The van der Waals surface area contributed by atoms with Gasteiger partial charge in [0.15, 0.2) is 11.5 Å². The van der Waals surface area contributed by atoms with Crippen LogP contribution in [0.5, 0.6) is 17.2 Å². The first-order chi connectivity index (χ1) is 10.5. The van der Waals surface area contributed by atoms with Gasteiger partial charge in [-0.05, 0) is 36.8 Å². The fraction of sp³-hybridized carbons (Fsp3) is 0.235. The lowest BCUT2D eigenvalue weighted by molar-refractivity contribution is 0.0948. The number of hydrogen-bond donors (Lipinski definition) is 2. The van der Waals surface area contributed by atoms with Crippen molar-refractivity contribution in [3.63, 3.8) is 0 Å². The summed E-state index contributed by atoms with van der Waals surface area (Å²) in [5, 5.41) is 12.5. The number of aromatic hydroxyl groups is 1. The van der Waals surface area contributed by atoms with Crippen LogP contribution in [0.25, 0.3) is 0 Å². The number of methoxy groups -OCH3 is 2. The van der Waals surface area contributed by atoms with Gasteiger partial charge in [-0.3, -0.25) is 4.79 Å².